The van der Waals surface area contributed by atoms with Crippen molar-refractivity contribution < 1.29 is 19.1 Å². The minimum Gasteiger partial charge on any atom is -0.459 e. The number of ether oxygens (including phenoxy) is 2. The predicted molar refractivity (Wildman–Crippen MR) is 99.2 cm³/mol. The van der Waals surface area contributed by atoms with E-state index >= 15 is 0 Å². The molecule has 24 heavy (non-hydrogen) atoms. The molecule has 136 valence electrons. The summed E-state index contributed by atoms with van der Waals surface area (Å²) >= 11 is 0. The zero-order valence-corrected chi connectivity index (χ0v) is 16.1. The summed E-state index contributed by atoms with van der Waals surface area (Å²) in [5, 5.41) is 2.62. The van der Waals surface area contributed by atoms with E-state index in [-0.39, 0.29) is 26.0 Å². The zero-order valence-electron chi connectivity index (χ0n) is 15.1. The molecule has 0 radical (unpaired) electrons. The van der Waals surface area contributed by atoms with Gasteiger partial charge in [-0.15, -0.1) is 0 Å². The average Bonchev–Trinajstić information content (AvgIpc) is 2.49. The maximum Gasteiger partial charge on any atom is 0.408 e. The Bertz CT molecular complexity index is 514. The lowest BCUT2D eigenvalue weighted by Gasteiger charge is -2.25. The SMILES string of the molecule is CCC(C)[C@H](NC(=O)OC(C)(C)C)C(=O)OCc1ccccc1.S. The Balaban J connectivity index is 0.00000529. The molecule has 5 nitrogen and oxygen atoms in total. The Morgan fingerprint density at radius 3 is 2.25 bits per heavy atom. The normalized spacial score (nSPS) is 13.2. The van der Waals surface area contributed by atoms with Gasteiger partial charge in [-0.05, 0) is 32.3 Å². The smallest absolute Gasteiger partial charge is 0.408 e. The lowest BCUT2D eigenvalue weighted by atomic mass is 9.99. The first kappa shape index (κ1) is 22.3. The van der Waals surface area contributed by atoms with Gasteiger partial charge >= 0.3 is 12.1 Å². The van der Waals surface area contributed by atoms with Crippen LogP contribution in [0.3, 0.4) is 0 Å². The molecule has 0 aromatic heterocycles. The van der Waals surface area contributed by atoms with E-state index in [9.17, 15) is 9.59 Å². The fraction of sp³-hybridized carbons (Fsp3) is 0.556. The lowest BCUT2D eigenvalue weighted by Crippen LogP contribution is -2.47. The maximum absolute atomic E-state index is 12.3. The molecule has 1 rings (SSSR count). The summed E-state index contributed by atoms with van der Waals surface area (Å²) < 4.78 is 10.6. The Morgan fingerprint density at radius 2 is 1.75 bits per heavy atom. The van der Waals surface area contributed by atoms with Crippen LogP contribution in [0.15, 0.2) is 30.3 Å². The Morgan fingerprint density at radius 1 is 1.17 bits per heavy atom. The molecule has 0 spiro atoms. The van der Waals surface area contributed by atoms with Gasteiger partial charge in [0.25, 0.3) is 0 Å². The molecular weight excluding hydrogens is 326 g/mol. The summed E-state index contributed by atoms with van der Waals surface area (Å²) in [6, 6.07) is 8.71. The van der Waals surface area contributed by atoms with Crippen molar-refractivity contribution in [2.45, 2.75) is 59.3 Å². The highest BCUT2D eigenvalue weighted by atomic mass is 32.1. The second-order valence-corrected chi connectivity index (χ2v) is 6.60. The molecular formula is C18H29NO4S. The number of esters is 1. The standard InChI is InChI=1S/C18H27NO4.H2S/c1-6-13(2)15(19-17(21)23-18(3,4)5)16(20)22-12-14-10-8-7-9-11-14;/h7-11,13,15H,6,12H2,1-5H3,(H,19,21);1H2/t13?,15-;/m0./s1. The van der Waals surface area contributed by atoms with Crippen LogP contribution in [0.4, 0.5) is 4.79 Å². The number of carbonyl (C=O) groups is 2. The largest absolute Gasteiger partial charge is 0.459 e. The number of nitrogens with one attached hydrogen (secondary N) is 1. The molecule has 2 atom stereocenters. The van der Waals surface area contributed by atoms with Crippen molar-refractivity contribution in [1.82, 2.24) is 5.32 Å². The van der Waals surface area contributed by atoms with Crippen molar-refractivity contribution in [3.8, 4) is 0 Å². The van der Waals surface area contributed by atoms with Crippen molar-refractivity contribution in [2.75, 3.05) is 0 Å². The molecule has 0 saturated carbocycles. The Hall–Kier alpha value is -1.69. The van der Waals surface area contributed by atoms with Gasteiger partial charge in [0.2, 0.25) is 0 Å². The second kappa shape index (κ2) is 10.2. The van der Waals surface area contributed by atoms with Crippen molar-refractivity contribution in [1.29, 1.82) is 0 Å². The van der Waals surface area contributed by atoms with Crippen LogP contribution in [0.5, 0.6) is 0 Å². The van der Waals surface area contributed by atoms with Gasteiger partial charge in [-0.2, -0.15) is 13.5 Å². The highest BCUT2D eigenvalue weighted by Crippen LogP contribution is 2.13. The van der Waals surface area contributed by atoms with E-state index in [1.165, 1.54) is 0 Å². The van der Waals surface area contributed by atoms with Gasteiger partial charge in [0.15, 0.2) is 0 Å². The summed E-state index contributed by atoms with van der Waals surface area (Å²) in [4.78, 5) is 24.3. The number of amides is 1. The number of hydrogen-bond acceptors (Lipinski definition) is 4. The third kappa shape index (κ3) is 8.24. The van der Waals surface area contributed by atoms with Gasteiger partial charge in [0, 0.05) is 0 Å². The Kier molecular flexibility index (Phi) is 9.51. The molecule has 1 N–H and O–H groups in total. The van der Waals surface area contributed by atoms with Gasteiger partial charge in [-0.25, -0.2) is 9.59 Å². The molecule has 0 bridgehead atoms. The van der Waals surface area contributed by atoms with Gasteiger partial charge in [0.1, 0.15) is 18.2 Å². The topological polar surface area (TPSA) is 64.6 Å². The number of rotatable bonds is 6. The molecule has 1 unspecified atom stereocenters. The molecule has 0 aliphatic heterocycles. The first-order valence-electron chi connectivity index (χ1n) is 7.93. The predicted octanol–water partition coefficient (Wildman–Crippen LogP) is 3.78. The summed E-state index contributed by atoms with van der Waals surface area (Å²) in [6.45, 7) is 9.36. The lowest BCUT2D eigenvalue weighted by molar-refractivity contribution is -0.149. The van der Waals surface area contributed by atoms with Crippen molar-refractivity contribution >= 4 is 25.6 Å². The molecule has 0 aliphatic carbocycles. The van der Waals surface area contributed by atoms with Crippen LogP contribution in [0.25, 0.3) is 0 Å². The average molecular weight is 356 g/mol. The minimum absolute atomic E-state index is 0. The van der Waals surface area contributed by atoms with E-state index in [2.05, 4.69) is 5.32 Å². The van der Waals surface area contributed by atoms with Gasteiger partial charge < -0.3 is 14.8 Å². The summed E-state index contributed by atoms with van der Waals surface area (Å²) in [5.74, 6) is -0.500. The van der Waals surface area contributed by atoms with Gasteiger partial charge in [0.05, 0.1) is 0 Å². The maximum atomic E-state index is 12.3. The van der Waals surface area contributed by atoms with Crippen molar-refractivity contribution in [3.05, 3.63) is 35.9 Å². The molecule has 0 saturated heterocycles. The van der Waals surface area contributed by atoms with Crippen LogP contribution in [0.2, 0.25) is 0 Å². The summed E-state index contributed by atoms with van der Waals surface area (Å²) in [5.41, 5.74) is 0.291. The van der Waals surface area contributed by atoms with Crippen LogP contribution in [0.1, 0.15) is 46.6 Å². The number of hydrogen-bond donors (Lipinski definition) is 1. The number of benzene rings is 1. The van der Waals surface area contributed by atoms with Gasteiger partial charge in [-0.3, -0.25) is 0 Å². The fourth-order valence-corrected chi connectivity index (χ4v) is 1.92. The molecule has 0 fully saturated rings. The first-order chi connectivity index (χ1) is 10.7. The van der Waals surface area contributed by atoms with E-state index in [4.69, 9.17) is 9.47 Å². The van der Waals surface area contributed by atoms with Crippen LogP contribution >= 0.6 is 13.5 Å². The number of carbonyl (C=O) groups excluding carboxylic acids is 2. The quantitative estimate of drug-likeness (QED) is 0.789. The molecule has 6 heteroatoms. The minimum atomic E-state index is -0.724. The molecule has 0 heterocycles. The van der Waals surface area contributed by atoms with Crippen LogP contribution in [-0.2, 0) is 20.9 Å². The molecule has 0 aliphatic rings. The van der Waals surface area contributed by atoms with E-state index in [0.717, 1.165) is 12.0 Å². The highest BCUT2D eigenvalue weighted by molar-refractivity contribution is 7.59. The van der Waals surface area contributed by atoms with Crippen LogP contribution < -0.4 is 5.32 Å². The van der Waals surface area contributed by atoms with E-state index in [1.807, 2.05) is 44.2 Å². The van der Waals surface area contributed by atoms with Crippen LogP contribution in [0, 0.1) is 5.92 Å². The summed E-state index contributed by atoms with van der Waals surface area (Å²) in [6.07, 6.45) is 0.125. The molecule has 1 aromatic carbocycles. The van der Waals surface area contributed by atoms with E-state index in [0.29, 0.717) is 0 Å². The van der Waals surface area contributed by atoms with Gasteiger partial charge in [-0.1, -0.05) is 50.6 Å². The zero-order chi connectivity index (χ0) is 17.5. The third-order valence-corrected chi connectivity index (χ3v) is 3.36. The summed E-state index contributed by atoms with van der Waals surface area (Å²) in [7, 11) is 0. The highest BCUT2D eigenvalue weighted by Gasteiger charge is 2.29. The molecule has 1 amide bonds. The van der Waals surface area contributed by atoms with Crippen molar-refractivity contribution in [3.63, 3.8) is 0 Å². The van der Waals surface area contributed by atoms with E-state index in [1.54, 1.807) is 20.8 Å². The number of alkyl carbamates (subject to hydrolysis) is 1. The molecule has 1 aromatic rings. The third-order valence-electron chi connectivity index (χ3n) is 3.36. The second-order valence-electron chi connectivity index (χ2n) is 6.60. The van der Waals surface area contributed by atoms with Crippen LogP contribution in [-0.4, -0.2) is 23.7 Å². The fourth-order valence-electron chi connectivity index (χ4n) is 1.92. The van der Waals surface area contributed by atoms with E-state index < -0.39 is 23.7 Å². The monoisotopic (exact) mass is 355 g/mol. The first-order valence-corrected chi connectivity index (χ1v) is 7.93. The Labute approximate surface area is 151 Å². The van der Waals surface area contributed by atoms with Crippen molar-refractivity contribution in [2.24, 2.45) is 5.92 Å².